The van der Waals surface area contributed by atoms with E-state index in [0.717, 1.165) is 0 Å². The normalized spacial score (nSPS) is 13.4. The van der Waals surface area contributed by atoms with Crippen LogP contribution >= 0.6 is 0 Å². The molecule has 0 aliphatic carbocycles. The molecule has 2 unspecified atom stereocenters. The van der Waals surface area contributed by atoms with Crippen LogP contribution in [0, 0.1) is 10.1 Å². The largest absolute Gasteiger partial charge is 0.508 e. The van der Waals surface area contributed by atoms with Gasteiger partial charge in [0.05, 0.1) is 23.4 Å². The van der Waals surface area contributed by atoms with Crippen molar-refractivity contribution < 1.29 is 15.1 Å². The van der Waals surface area contributed by atoms with Crippen molar-refractivity contribution in [3.63, 3.8) is 0 Å². The molecule has 0 amide bonds. The number of hydrogen-bond acceptors (Lipinski definition) is 9. The Kier molecular flexibility index (Phi) is 6.54. The molecule has 2 heterocycles. The van der Waals surface area contributed by atoms with Crippen LogP contribution in [0.15, 0.2) is 24.5 Å². The van der Waals surface area contributed by atoms with Gasteiger partial charge in [-0.3, -0.25) is 10.1 Å². The Labute approximate surface area is 179 Å². The summed E-state index contributed by atoms with van der Waals surface area (Å²) in [5.74, 6) is 0.682. The lowest BCUT2D eigenvalue weighted by Crippen LogP contribution is -2.31. The summed E-state index contributed by atoms with van der Waals surface area (Å²) in [7, 11) is 0. The van der Waals surface area contributed by atoms with Crippen LogP contribution in [0.2, 0.25) is 0 Å². The fourth-order valence-electron chi connectivity index (χ4n) is 3.22. The molecule has 166 valence electrons. The Balaban J connectivity index is 1.98. The summed E-state index contributed by atoms with van der Waals surface area (Å²) in [5, 5.41) is 37.4. The number of benzene rings is 1. The summed E-state index contributed by atoms with van der Waals surface area (Å²) < 4.78 is 1.90. The molecule has 2 atom stereocenters. The third-order valence-corrected chi connectivity index (χ3v) is 5.03. The van der Waals surface area contributed by atoms with Crippen molar-refractivity contribution >= 4 is 28.6 Å². The first-order valence-electron chi connectivity index (χ1n) is 10.1. The standard InChI is InChI=1S/C20H27N7O4/c1-5-15(12(4)28)23-20-24-18(17-19(25-20)26(10-22-17)11(2)3)21-9-13-8-14(27(30)31)6-7-16(13)29/h6-8,10-12,15,28-29H,5,9H2,1-4H3,(H2,21,23,24,25). The number of nitrogens with zero attached hydrogens (tertiary/aromatic N) is 5. The number of aromatic nitrogens is 4. The average Bonchev–Trinajstić information content (AvgIpc) is 3.15. The number of rotatable bonds is 9. The zero-order valence-corrected chi connectivity index (χ0v) is 17.9. The van der Waals surface area contributed by atoms with Gasteiger partial charge in [-0.2, -0.15) is 9.97 Å². The third-order valence-electron chi connectivity index (χ3n) is 5.03. The molecule has 11 heteroatoms. The van der Waals surface area contributed by atoms with E-state index in [1.165, 1.54) is 18.2 Å². The molecule has 31 heavy (non-hydrogen) atoms. The van der Waals surface area contributed by atoms with Crippen molar-refractivity contribution in [2.24, 2.45) is 0 Å². The number of anilines is 2. The van der Waals surface area contributed by atoms with Crippen LogP contribution in [0.4, 0.5) is 17.5 Å². The molecule has 0 radical (unpaired) electrons. The van der Waals surface area contributed by atoms with Crippen molar-refractivity contribution in [3.05, 3.63) is 40.2 Å². The van der Waals surface area contributed by atoms with Gasteiger partial charge >= 0.3 is 0 Å². The maximum absolute atomic E-state index is 11.1. The SMILES string of the molecule is CCC(Nc1nc(NCc2cc([N+](=O)[O-])ccc2O)c2ncn(C(C)C)c2n1)C(C)O. The summed E-state index contributed by atoms with van der Waals surface area (Å²) in [6.45, 7) is 7.76. The maximum atomic E-state index is 11.1. The van der Waals surface area contributed by atoms with E-state index >= 15 is 0 Å². The lowest BCUT2D eigenvalue weighted by Gasteiger charge is -2.20. The molecule has 3 rings (SSSR count). The first-order valence-corrected chi connectivity index (χ1v) is 10.1. The molecule has 1 aromatic carbocycles. The van der Waals surface area contributed by atoms with Crippen LogP contribution in [-0.2, 0) is 6.54 Å². The number of imidazole rings is 1. The van der Waals surface area contributed by atoms with Crippen LogP contribution in [0.5, 0.6) is 5.75 Å². The van der Waals surface area contributed by atoms with E-state index < -0.39 is 11.0 Å². The maximum Gasteiger partial charge on any atom is 0.270 e. The molecule has 0 aliphatic heterocycles. The Morgan fingerprint density at radius 3 is 2.61 bits per heavy atom. The number of fused-ring (bicyclic) bond motifs is 1. The predicted octanol–water partition coefficient (Wildman–Crippen LogP) is 3.20. The van der Waals surface area contributed by atoms with Crippen molar-refractivity contribution in [2.45, 2.75) is 58.8 Å². The Morgan fingerprint density at radius 2 is 2.00 bits per heavy atom. The van der Waals surface area contributed by atoms with E-state index in [4.69, 9.17) is 0 Å². The van der Waals surface area contributed by atoms with E-state index in [0.29, 0.717) is 34.9 Å². The number of phenolic OH excluding ortho intramolecular Hbond substituents is 1. The quantitative estimate of drug-likeness (QED) is 0.297. The monoisotopic (exact) mass is 429 g/mol. The number of nitrogens with one attached hydrogen (secondary N) is 2. The number of aliphatic hydroxyl groups excluding tert-OH is 1. The van der Waals surface area contributed by atoms with Crippen molar-refractivity contribution in [3.8, 4) is 5.75 Å². The van der Waals surface area contributed by atoms with Gasteiger partial charge in [-0.15, -0.1) is 0 Å². The van der Waals surface area contributed by atoms with Crippen molar-refractivity contribution in [1.29, 1.82) is 0 Å². The van der Waals surface area contributed by atoms with E-state index in [2.05, 4.69) is 25.6 Å². The second-order valence-electron chi connectivity index (χ2n) is 7.64. The summed E-state index contributed by atoms with van der Waals surface area (Å²) in [6.07, 6.45) is 1.75. The number of nitro groups is 1. The Hall–Kier alpha value is -3.47. The fourth-order valence-corrected chi connectivity index (χ4v) is 3.22. The average molecular weight is 429 g/mol. The minimum atomic E-state index is -0.600. The number of phenols is 1. The lowest BCUT2D eigenvalue weighted by atomic mass is 10.1. The number of nitro benzene ring substituents is 1. The highest BCUT2D eigenvalue weighted by molar-refractivity contribution is 5.84. The van der Waals surface area contributed by atoms with Gasteiger partial charge in [-0.05, 0) is 33.3 Å². The van der Waals surface area contributed by atoms with Gasteiger partial charge in [0.2, 0.25) is 5.95 Å². The molecular weight excluding hydrogens is 402 g/mol. The fraction of sp³-hybridized carbons (Fsp3) is 0.450. The molecule has 0 saturated heterocycles. The molecule has 0 aliphatic rings. The second kappa shape index (κ2) is 9.13. The Morgan fingerprint density at radius 1 is 1.26 bits per heavy atom. The van der Waals surface area contributed by atoms with Crippen molar-refractivity contribution in [2.75, 3.05) is 10.6 Å². The minimum Gasteiger partial charge on any atom is -0.508 e. The summed E-state index contributed by atoms with van der Waals surface area (Å²) in [5.41, 5.74) is 1.39. The summed E-state index contributed by atoms with van der Waals surface area (Å²) in [4.78, 5) is 24.1. The van der Waals surface area contributed by atoms with Gasteiger partial charge in [0, 0.05) is 30.3 Å². The van der Waals surface area contributed by atoms with E-state index in [1.54, 1.807) is 13.3 Å². The van der Waals surface area contributed by atoms with E-state index in [9.17, 15) is 20.3 Å². The van der Waals surface area contributed by atoms with Crippen LogP contribution in [0.3, 0.4) is 0 Å². The van der Waals surface area contributed by atoms with Gasteiger partial charge in [0.25, 0.3) is 5.69 Å². The molecule has 0 spiro atoms. The number of hydrogen-bond donors (Lipinski definition) is 4. The topological polar surface area (TPSA) is 151 Å². The minimum absolute atomic E-state index is 0.0605. The molecule has 0 bridgehead atoms. The molecular formula is C20H27N7O4. The first-order chi connectivity index (χ1) is 14.7. The molecule has 2 aromatic heterocycles. The van der Waals surface area contributed by atoms with Gasteiger partial charge in [0.1, 0.15) is 5.75 Å². The van der Waals surface area contributed by atoms with Crippen LogP contribution in [0.1, 0.15) is 45.7 Å². The number of non-ortho nitro benzene ring substituents is 1. The molecule has 0 fully saturated rings. The van der Waals surface area contributed by atoms with Crippen LogP contribution in [-0.4, -0.2) is 46.8 Å². The lowest BCUT2D eigenvalue weighted by molar-refractivity contribution is -0.384. The highest BCUT2D eigenvalue weighted by Crippen LogP contribution is 2.27. The van der Waals surface area contributed by atoms with Crippen LogP contribution < -0.4 is 10.6 Å². The molecule has 0 saturated carbocycles. The van der Waals surface area contributed by atoms with Crippen molar-refractivity contribution in [1.82, 2.24) is 19.5 Å². The summed E-state index contributed by atoms with van der Waals surface area (Å²) >= 11 is 0. The highest BCUT2D eigenvalue weighted by atomic mass is 16.6. The van der Waals surface area contributed by atoms with Gasteiger partial charge < -0.3 is 25.4 Å². The van der Waals surface area contributed by atoms with Crippen LogP contribution in [0.25, 0.3) is 11.2 Å². The van der Waals surface area contributed by atoms with E-state index in [1.807, 2.05) is 25.3 Å². The third kappa shape index (κ3) is 4.82. The summed E-state index contributed by atoms with van der Waals surface area (Å²) in [6, 6.07) is 3.73. The second-order valence-corrected chi connectivity index (χ2v) is 7.64. The van der Waals surface area contributed by atoms with Gasteiger partial charge in [0.15, 0.2) is 17.0 Å². The smallest absolute Gasteiger partial charge is 0.270 e. The number of aliphatic hydroxyl groups is 1. The first kappa shape index (κ1) is 22.2. The zero-order valence-electron chi connectivity index (χ0n) is 17.9. The zero-order chi connectivity index (χ0) is 22.7. The Bertz CT molecular complexity index is 1080. The van der Waals surface area contributed by atoms with Gasteiger partial charge in [-0.25, -0.2) is 4.98 Å². The molecule has 11 nitrogen and oxygen atoms in total. The molecule has 4 N–H and O–H groups in total. The van der Waals surface area contributed by atoms with Gasteiger partial charge in [-0.1, -0.05) is 6.92 Å². The predicted molar refractivity (Wildman–Crippen MR) is 117 cm³/mol. The van der Waals surface area contributed by atoms with E-state index in [-0.39, 0.29) is 30.1 Å². The highest BCUT2D eigenvalue weighted by Gasteiger charge is 2.19. The number of aromatic hydroxyl groups is 1. The molecule has 3 aromatic rings.